The van der Waals surface area contributed by atoms with Crippen molar-refractivity contribution in [3.8, 4) is 5.75 Å². The average molecular weight is 514 g/mol. The van der Waals surface area contributed by atoms with Gasteiger partial charge in [0.05, 0.1) is 22.3 Å². The molecule has 1 N–H and O–H groups in total. The number of aryl methyl sites for hydroxylation is 1. The maximum atomic E-state index is 14.1. The van der Waals surface area contributed by atoms with Crippen LogP contribution in [0, 0.1) is 12.7 Å². The van der Waals surface area contributed by atoms with E-state index >= 15 is 0 Å². The smallest absolute Gasteiger partial charge is 0.255 e. The van der Waals surface area contributed by atoms with Crippen molar-refractivity contribution in [2.24, 2.45) is 0 Å². The van der Waals surface area contributed by atoms with Gasteiger partial charge in [0.2, 0.25) is 5.78 Å². The topological polar surface area (TPSA) is 68.5 Å². The summed E-state index contributed by atoms with van der Waals surface area (Å²) in [7, 11) is 0. The highest BCUT2D eigenvalue weighted by molar-refractivity contribution is 6.38. The lowest BCUT2D eigenvalue weighted by Gasteiger charge is -2.12. The van der Waals surface area contributed by atoms with E-state index in [9.17, 15) is 14.0 Å². The van der Waals surface area contributed by atoms with Crippen LogP contribution in [0.25, 0.3) is 11.0 Å². The number of halogens is 3. The number of ketones is 1. The standard InChI is InChI=1S/C27H22Cl2FNO4/c1-3-4-11-34-25-19(28)12-17(13-20(25)29)27(33)31-23-18-7-5-6-8-22(18)35-26(23)24(32)16-10-9-15(2)21(30)14-16/h5-10,12-14H,3-4,11H2,1-2H3,(H,31,33). The normalized spacial score (nSPS) is 11.0. The number of fused-ring (bicyclic) bond motifs is 1. The number of amides is 1. The first-order chi connectivity index (χ1) is 16.8. The van der Waals surface area contributed by atoms with Gasteiger partial charge in [-0.2, -0.15) is 0 Å². The fourth-order valence-corrected chi connectivity index (χ4v) is 4.12. The molecule has 0 atom stereocenters. The zero-order valence-corrected chi connectivity index (χ0v) is 20.6. The minimum Gasteiger partial charge on any atom is -0.490 e. The first-order valence-corrected chi connectivity index (χ1v) is 11.8. The van der Waals surface area contributed by atoms with Gasteiger partial charge < -0.3 is 14.5 Å². The van der Waals surface area contributed by atoms with Crippen LogP contribution in [0.4, 0.5) is 10.1 Å². The number of para-hydroxylation sites is 1. The third kappa shape index (κ3) is 5.19. The first kappa shape index (κ1) is 24.8. The van der Waals surface area contributed by atoms with E-state index in [2.05, 4.69) is 5.32 Å². The number of rotatable bonds is 8. The van der Waals surface area contributed by atoms with Gasteiger partial charge >= 0.3 is 0 Å². The summed E-state index contributed by atoms with van der Waals surface area (Å²) < 4.78 is 25.5. The van der Waals surface area contributed by atoms with Crippen molar-refractivity contribution in [1.29, 1.82) is 0 Å². The highest BCUT2D eigenvalue weighted by Crippen LogP contribution is 2.36. The second-order valence-corrected chi connectivity index (χ2v) is 8.83. The van der Waals surface area contributed by atoms with Crippen LogP contribution < -0.4 is 10.1 Å². The molecular formula is C27H22Cl2FNO4. The van der Waals surface area contributed by atoms with Gasteiger partial charge in [0.15, 0.2) is 11.5 Å². The Hall–Kier alpha value is -3.35. The summed E-state index contributed by atoms with van der Waals surface area (Å²) in [4.78, 5) is 26.4. The largest absolute Gasteiger partial charge is 0.490 e. The molecule has 5 nitrogen and oxygen atoms in total. The van der Waals surface area contributed by atoms with E-state index in [1.165, 1.54) is 24.3 Å². The summed E-state index contributed by atoms with van der Waals surface area (Å²) in [6, 6.07) is 13.9. The van der Waals surface area contributed by atoms with E-state index < -0.39 is 17.5 Å². The van der Waals surface area contributed by atoms with Crippen molar-refractivity contribution in [3.63, 3.8) is 0 Å². The second-order valence-electron chi connectivity index (χ2n) is 8.02. The molecule has 0 aliphatic rings. The van der Waals surface area contributed by atoms with Crippen molar-refractivity contribution < 1.29 is 23.1 Å². The lowest BCUT2D eigenvalue weighted by molar-refractivity contribution is 0.101. The highest BCUT2D eigenvalue weighted by atomic mass is 35.5. The quantitative estimate of drug-likeness (QED) is 0.192. The van der Waals surface area contributed by atoms with Gasteiger partial charge in [0, 0.05) is 16.5 Å². The monoisotopic (exact) mass is 513 g/mol. The Morgan fingerprint density at radius 2 is 1.74 bits per heavy atom. The number of nitrogens with one attached hydrogen (secondary N) is 1. The predicted octanol–water partition coefficient (Wildman–Crippen LogP) is 7.85. The molecule has 1 heterocycles. The lowest BCUT2D eigenvalue weighted by atomic mass is 10.0. The molecule has 35 heavy (non-hydrogen) atoms. The highest BCUT2D eigenvalue weighted by Gasteiger charge is 2.25. The number of anilines is 1. The fraction of sp³-hybridized carbons (Fsp3) is 0.185. The van der Waals surface area contributed by atoms with Crippen molar-refractivity contribution in [2.45, 2.75) is 26.7 Å². The second kappa shape index (κ2) is 10.5. The molecule has 0 saturated carbocycles. The minimum absolute atomic E-state index is 0.0994. The van der Waals surface area contributed by atoms with Crippen LogP contribution in [0.15, 0.2) is 59.0 Å². The lowest BCUT2D eigenvalue weighted by Crippen LogP contribution is -2.15. The number of hydrogen-bond donors (Lipinski definition) is 1. The summed E-state index contributed by atoms with van der Waals surface area (Å²) in [6.07, 6.45) is 1.79. The summed E-state index contributed by atoms with van der Waals surface area (Å²) in [6.45, 7) is 4.09. The molecule has 1 aromatic heterocycles. The number of ether oxygens (including phenoxy) is 1. The number of unbranched alkanes of at least 4 members (excludes halogenated alkanes) is 1. The van der Waals surface area contributed by atoms with Crippen LogP contribution in [-0.4, -0.2) is 18.3 Å². The number of furan rings is 1. The average Bonchev–Trinajstić information content (AvgIpc) is 3.20. The van der Waals surface area contributed by atoms with E-state index in [-0.39, 0.29) is 32.6 Å². The molecule has 0 saturated heterocycles. The maximum absolute atomic E-state index is 14.1. The van der Waals surface area contributed by atoms with Gasteiger partial charge in [0.1, 0.15) is 11.4 Å². The molecule has 0 fully saturated rings. The summed E-state index contributed by atoms with van der Waals surface area (Å²) >= 11 is 12.7. The van der Waals surface area contributed by atoms with E-state index in [0.717, 1.165) is 18.9 Å². The van der Waals surface area contributed by atoms with Gasteiger partial charge in [-0.25, -0.2) is 4.39 Å². The molecular weight excluding hydrogens is 492 g/mol. The molecule has 4 aromatic rings. The van der Waals surface area contributed by atoms with Gasteiger partial charge in [-0.1, -0.05) is 60.8 Å². The molecule has 180 valence electrons. The van der Waals surface area contributed by atoms with E-state index in [0.29, 0.717) is 28.9 Å². The summed E-state index contributed by atoms with van der Waals surface area (Å²) in [5, 5.41) is 3.66. The number of benzene rings is 3. The zero-order chi connectivity index (χ0) is 25.1. The SMILES string of the molecule is CCCCOc1c(Cl)cc(C(=O)Nc2c(C(=O)c3ccc(C)c(F)c3)oc3ccccc23)cc1Cl. The number of hydrogen-bond acceptors (Lipinski definition) is 4. The fourth-order valence-electron chi connectivity index (χ4n) is 3.53. The Morgan fingerprint density at radius 1 is 1.03 bits per heavy atom. The first-order valence-electron chi connectivity index (χ1n) is 11.1. The number of carbonyl (C=O) groups excluding carboxylic acids is 2. The molecule has 0 radical (unpaired) electrons. The van der Waals surface area contributed by atoms with Crippen LogP contribution in [0.5, 0.6) is 5.75 Å². The maximum Gasteiger partial charge on any atom is 0.255 e. The molecule has 0 bridgehead atoms. The van der Waals surface area contributed by atoms with Crippen LogP contribution in [0.3, 0.4) is 0 Å². The molecule has 3 aromatic carbocycles. The Kier molecular flexibility index (Phi) is 7.43. The van der Waals surface area contributed by atoms with Gasteiger partial charge in [-0.05, 0) is 49.2 Å². The van der Waals surface area contributed by atoms with Crippen molar-refractivity contribution in [3.05, 3.63) is 92.9 Å². The van der Waals surface area contributed by atoms with E-state index in [1.54, 1.807) is 31.2 Å². The predicted molar refractivity (Wildman–Crippen MR) is 136 cm³/mol. The molecule has 0 aliphatic carbocycles. The van der Waals surface area contributed by atoms with E-state index in [4.69, 9.17) is 32.4 Å². The molecule has 0 unspecified atom stereocenters. The number of carbonyl (C=O) groups is 2. The minimum atomic E-state index is -0.564. The molecule has 0 aliphatic heterocycles. The summed E-state index contributed by atoms with van der Waals surface area (Å²) in [5.74, 6) is -1.43. The summed E-state index contributed by atoms with van der Waals surface area (Å²) in [5.41, 5.74) is 1.26. The van der Waals surface area contributed by atoms with Crippen molar-refractivity contribution >= 4 is 51.5 Å². The zero-order valence-electron chi connectivity index (χ0n) is 19.1. The van der Waals surface area contributed by atoms with Crippen LogP contribution in [0.1, 0.15) is 51.8 Å². The van der Waals surface area contributed by atoms with Crippen molar-refractivity contribution in [2.75, 3.05) is 11.9 Å². The molecule has 0 spiro atoms. The van der Waals surface area contributed by atoms with Crippen LogP contribution >= 0.6 is 23.2 Å². The van der Waals surface area contributed by atoms with Gasteiger partial charge in [0.25, 0.3) is 5.91 Å². The van der Waals surface area contributed by atoms with E-state index in [1.807, 2.05) is 6.92 Å². The Morgan fingerprint density at radius 3 is 2.43 bits per heavy atom. The Balaban J connectivity index is 1.69. The molecule has 8 heteroatoms. The molecule has 4 rings (SSSR count). The Labute approximate surface area is 211 Å². The van der Waals surface area contributed by atoms with Crippen LogP contribution in [-0.2, 0) is 0 Å². The van der Waals surface area contributed by atoms with Crippen molar-refractivity contribution in [1.82, 2.24) is 0 Å². The third-order valence-corrected chi connectivity index (χ3v) is 6.04. The molecule has 1 amide bonds. The third-order valence-electron chi connectivity index (χ3n) is 5.48. The van der Waals surface area contributed by atoms with Gasteiger partial charge in [-0.15, -0.1) is 0 Å². The van der Waals surface area contributed by atoms with Gasteiger partial charge in [-0.3, -0.25) is 9.59 Å². The Bertz CT molecular complexity index is 1410. The van der Waals surface area contributed by atoms with Crippen LogP contribution in [0.2, 0.25) is 10.0 Å².